The summed E-state index contributed by atoms with van der Waals surface area (Å²) in [7, 11) is 0. The first-order valence-electron chi connectivity index (χ1n) is 7.32. The van der Waals surface area contributed by atoms with Gasteiger partial charge in [-0.2, -0.15) is 0 Å². The summed E-state index contributed by atoms with van der Waals surface area (Å²) in [6, 6.07) is 4.17. The van der Waals surface area contributed by atoms with Gasteiger partial charge in [0, 0.05) is 31.0 Å². The van der Waals surface area contributed by atoms with Crippen LogP contribution >= 0.6 is 0 Å². The number of nitrogens with one attached hydrogen (secondary N) is 1. The van der Waals surface area contributed by atoms with Crippen molar-refractivity contribution in [1.29, 1.82) is 0 Å². The molecule has 0 amide bonds. The first-order valence-corrected chi connectivity index (χ1v) is 7.32. The van der Waals surface area contributed by atoms with Gasteiger partial charge in [0.15, 0.2) is 5.65 Å². The van der Waals surface area contributed by atoms with Crippen LogP contribution in [0.15, 0.2) is 24.5 Å². The Kier molecular flexibility index (Phi) is 4.06. The Hall–Kier alpha value is -1.75. The minimum Gasteiger partial charge on any atom is -0.396 e. The van der Waals surface area contributed by atoms with Crippen molar-refractivity contribution >= 4 is 17.0 Å². The van der Waals surface area contributed by atoms with Crippen LogP contribution in [0.3, 0.4) is 0 Å². The van der Waals surface area contributed by atoms with Gasteiger partial charge in [-0.1, -0.05) is 19.3 Å². The Bertz CT molecular complexity index is 575. The number of anilines is 1. The molecular formula is C15H20N4O. The zero-order chi connectivity index (χ0) is 13.8. The molecule has 0 radical (unpaired) electrons. The minimum absolute atomic E-state index is 0.241. The Morgan fingerprint density at radius 2 is 1.95 bits per heavy atom. The summed E-state index contributed by atoms with van der Waals surface area (Å²) < 4.78 is 0. The monoisotopic (exact) mass is 272 g/mol. The van der Waals surface area contributed by atoms with Crippen LogP contribution in [0.1, 0.15) is 32.1 Å². The van der Waals surface area contributed by atoms with E-state index in [1.165, 1.54) is 19.3 Å². The molecule has 20 heavy (non-hydrogen) atoms. The molecule has 0 spiro atoms. The lowest BCUT2D eigenvalue weighted by Gasteiger charge is -2.25. The van der Waals surface area contributed by atoms with Crippen molar-refractivity contribution in [3.05, 3.63) is 24.5 Å². The molecule has 1 saturated carbocycles. The van der Waals surface area contributed by atoms with E-state index in [1.54, 1.807) is 12.4 Å². The van der Waals surface area contributed by atoms with E-state index in [1.807, 2.05) is 12.1 Å². The summed E-state index contributed by atoms with van der Waals surface area (Å²) in [5.41, 5.74) is 1.46. The SMILES string of the molecule is OC[C@@H]1CCCCC[C@@H]1Nc1ccc2nccnc2n1. The molecule has 2 aromatic heterocycles. The van der Waals surface area contributed by atoms with Crippen molar-refractivity contribution in [3.63, 3.8) is 0 Å². The summed E-state index contributed by atoms with van der Waals surface area (Å²) in [5.74, 6) is 1.14. The van der Waals surface area contributed by atoms with E-state index in [2.05, 4.69) is 20.3 Å². The third kappa shape index (κ3) is 2.88. The fourth-order valence-electron chi connectivity index (χ4n) is 2.92. The summed E-state index contributed by atoms with van der Waals surface area (Å²) in [5, 5.41) is 13.0. The molecule has 2 heterocycles. The lowest BCUT2D eigenvalue weighted by Crippen LogP contribution is -2.30. The Morgan fingerprint density at radius 1 is 1.10 bits per heavy atom. The molecule has 0 aromatic carbocycles. The number of hydrogen-bond acceptors (Lipinski definition) is 5. The molecular weight excluding hydrogens is 252 g/mol. The second kappa shape index (κ2) is 6.13. The summed E-state index contributed by atoms with van der Waals surface area (Å²) in [6.07, 6.45) is 9.17. The predicted molar refractivity (Wildman–Crippen MR) is 78.4 cm³/mol. The second-order valence-corrected chi connectivity index (χ2v) is 5.43. The molecule has 1 aliphatic rings. The van der Waals surface area contributed by atoms with E-state index >= 15 is 0 Å². The number of aliphatic hydroxyl groups excluding tert-OH is 1. The van der Waals surface area contributed by atoms with Crippen LogP contribution in [0, 0.1) is 5.92 Å². The van der Waals surface area contributed by atoms with Gasteiger partial charge in [-0.3, -0.25) is 4.98 Å². The predicted octanol–water partition coefficient (Wildman–Crippen LogP) is 2.38. The average molecular weight is 272 g/mol. The molecule has 0 unspecified atom stereocenters. The molecule has 106 valence electrons. The van der Waals surface area contributed by atoms with E-state index in [-0.39, 0.29) is 6.61 Å². The highest BCUT2D eigenvalue weighted by Gasteiger charge is 2.23. The Labute approximate surface area is 118 Å². The van der Waals surface area contributed by atoms with Crippen LogP contribution < -0.4 is 5.32 Å². The summed E-state index contributed by atoms with van der Waals surface area (Å²) in [4.78, 5) is 13.0. The minimum atomic E-state index is 0.241. The fraction of sp³-hybridized carbons (Fsp3) is 0.533. The molecule has 0 bridgehead atoms. The average Bonchev–Trinajstić information content (AvgIpc) is 2.72. The van der Waals surface area contributed by atoms with Crippen LogP contribution in [-0.2, 0) is 0 Å². The first-order chi connectivity index (χ1) is 9.86. The zero-order valence-corrected chi connectivity index (χ0v) is 11.5. The van der Waals surface area contributed by atoms with Gasteiger partial charge in [-0.25, -0.2) is 9.97 Å². The number of nitrogens with zero attached hydrogens (tertiary/aromatic N) is 3. The largest absolute Gasteiger partial charge is 0.396 e. The number of fused-ring (bicyclic) bond motifs is 1. The van der Waals surface area contributed by atoms with E-state index in [0.29, 0.717) is 17.6 Å². The molecule has 3 rings (SSSR count). The van der Waals surface area contributed by atoms with Gasteiger partial charge in [0.2, 0.25) is 0 Å². The van der Waals surface area contributed by atoms with Crippen molar-refractivity contribution in [3.8, 4) is 0 Å². The van der Waals surface area contributed by atoms with Gasteiger partial charge < -0.3 is 10.4 Å². The topological polar surface area (TPSA) is 70.9 Å². The number of aromatic nitrogens is 3. The normalized spacial score (nSPS) is 23.4. The van der Waals surface area contributed by atoms with Crippen molar-refractivity contribution in [2.75, 3.05) is 11.9 Å². The van der Waals surface area contributed by atoms with Crippen LogP contribution in [0.5, 0.6) is 0 Å². The highest BCUT2D eigenvalue weighted by atomic mass is 16.3. The zero-order valence-electron chi connectivity index (χ0n) is 11.5. The lowest BCUT2D eigenvalue weighted by molar-refractivity contribution is 0.203. The maximum Gasteiger partial charge on any atom is 0.180 e. The van der Waals surface area contributed by atoms with Gasteiger partial charge in [-0.15, -0.1) is 0 Å². The van der Waals surface area contributed by atoms with Crippen LogP contribution in [0.2, 0.25) is 0 Å². The quantitative estimate of drug-likeness (QED) is 0.839. The molecule has 2 N–H and O–H groups in total. The molecule has 1 aliphatic carbocycles. The van der Waals surface area contributed by atoms with Gasteiger partial charge in [0.1, 0.15) is 11.3 Å². The standard InChI is InChI=1S/C15H20N4O/c20-10-11-4-2-1-3-5-12(11)18-14-7-6-13-15(19-14)17-9-8-16-13/h6-9,11-12,20H,1-5,10H2,(H,17,18,19)/t11-,12-/m0/s1. The first kappa shape index (κ1) is 13.2. The van der Waals surface area contributed by atoms with Gasteiger partial charge >= 0.3 is 0 Å². The number of rotatable bonds is 3. The van der Waals surface area contributed by atoms with E-state index in [9.17, 15) is 5.11 Å². The van der Waals surface area contributed by atoms with E-state index in [0.717, 1.165) is 24.2 Å². The van der Waals surface area contributed by atoms with Gasteiger partial charge in [0.05, 0.1) is 0 Å². The molecule has 2 atom stereocenters. The summed E-state index contributed by atoms with van der Waals surface area (Å²) in [6.45, 7) is 0.241. The third-order valence-electron chi connectivity index (χ3n) is 4.06. The van der Waals surface area contributed by atoms with Crippen molar-refractivity contribution < 1.29 is 5.11 Å². The van der Waals surface area contributed by atoms with Crippen LogP contribution in [0.25, 0.3) is 11.2 Å². The Morgan fingerprint density at radius 3 is 2.85 bits per heavy atom. The molecule has 2 aromatic rings. The van der Waals surface area contributed by atoms with Gasteiger partial charge in [-0.05, 0) is 25.0 Å². The molecule has 5 heteroatoms. The highest BCUT2D eigenvalue weighted by Crippen LogP contribution is 2.25. The molecule has 1 fully saturated rings. The highest BCUT2D eigenvalue weighted by molar-refractivity contribution is 5.71. The number of pyridine rings is 1. The van der Waals surface area contributed by atoms with E-state index in [4.69, 9.17) is 0 Å². The Balaban J connectivity index is 1.80. The van der Waals surface area contributed by atoms with Crippen LogP contribution in [0.4, 0.5) is 5.82 Å². The van der Waals surface area contributed by atoms with Crippen molar-refractivity contribution in [2.24, 2.45) is 5.92 Å². The number of aliphatic hydroxyl groups is 1. The molecule has 5 nitrogen and oxygen atoms in total. The summed E-state index contributed by atoms with van der Waals surface area (Å²) >= 11 is 0. The molecule has 0 aliphatic heterocycles. The van der Waals surface area contributed by atoms with Gasteiger partial charge in [0.25, 0.3) is 0 Å². The third-order valence-corrected chi connectivity index (χ3v) is 4.06. The van der Waals surface area contributed by atoms with Crippen molar-refractivity contribution in [1.82, 2.24) is 15.0 Å². The fourth-order valence-corrected chi connectivity index (χ4v) is 2.92. The second-order valence-electron chi connectivity index (χ2n) is 5.43. The van der Waals surface area contributed by atoms with E-state index < -0.39 is 0 Å². The maximum absolute atomic E-state index is 9.55. The number of hydrogen-bond donors (Lipinski definition) is 2. The lowest BCUT2D eigenvalue weighted by atomic mass is 9.95. The van der Waals surface area contributed by atoms with Crippen molar-refractivity contribution in [2.45, 2.75) is 38.1 Å². The smallest absolute Gasteiger partial charge is 0.180 e. The maximum atomic E-state index is 9.55. The molecule has 0 saturated heterocycles. The van der Waals surface area contributed by atoms with Crippen LogP contribution in [-0.4, -0.2) is 32.7 Å².